The van der Waals surface area contributed by atoms with Gasteiger partial charge in [-0.05, 0) is 87.1 Å². The summed E-state index contributed by atoms with van der Waals surface area (Å²) in [7, 11) is 0. The molecule has 0 unspecified atom stereocenters. The highest BCUT2D eigenvalue weighted by atomic mass is 16.2. The fraction of sp³-hybridized carbons (Fsp3) is 0.577. The van der Waals surface area contributed by atoms with Crippen molar-refractivity contribution in [1.29, 1.82) is 0 Å². The Bertz CT molecular complexity index is 752. The van der Waals surface area contributed by atoms with Gasteiger partial charge in [0.15, 0.2) is 0 Å². The van der Waals surface area contributed by atoms with Crippen molar-refractivity contribution in [2.24, 2.45) is 10.7 Å². The van der Waals surface area contributed by atoms with Crippen LogP contribution >= 0.6 is 0 Å². The van der Waals surface area contributed by atoms with Gasteiger partial charge in [-0.1, -0.05) is 32.4 Å². The number of aliphatic imine (C=N–C) groups is 1. The van der Waals surface area contributed by atoms with Crippen molar-refractivity contribution >= 4 is 23.7 Å². The molecule has 0 bridgehead atoms. The molecule has 32 heavy (non-hydrogen) atoms. The number of benzene rings is 1. The van der Waals surface area contributed by atoms with E-state index >= 15 is 0 Å². The zero-order chi connectivity index (χ0) is 23.8. The number of anilines is 1. The highest BCUT2D eigenvalue weighted by Gasteiger charge is 2.24. The summed E-state index contributed by atoms with van der Waals surface area (Å²) in [6.07, 6.45) is 14.9. The number of nitrogens with two attached hydrogens (primary N) is 1. The number of allylic oxidation sites excluding steroid dienone is 2. The maximum absolute atomic E-state index is 11.7. The Balaban J connectivity index is 0.000000311. The summed E-state index contributed by atoms with van der Waals surface area (Å²) in [6, 6.07) is 2.17. The predicted octanol–water partition coefficient (Wildman–Crippen LogP) is 5.12. The number of nitrogens with one attached hydrogen (secondary N) is 2. The van der Waals surface area contributed by atoms with Crippen LogP contribution < -0.4 is 16.4 Å². The van der Waals surface area contributed by atoms with Crippen molar-refractivity contribution < 1.29 is 9.59 Å². The molecule has 0 fully saturated rings. The van der Waals surface area contributed by atoms with Gasteiger partial charge in [0.25, 0.3) is 0 Å². The van der Waals surface area contributed by atoms with Crippen LogP contribution in [0.3, 0.4) is 0 Å². The first-order chi connectivity index (χ1) is 15.5. The number of carbonyl (C=O) groups excluding carboxylic acids is 2. The third-order valence-electron chi connectivity index (χ3n) is 5.42. The molecule has 0 aromatic heterocycles. The average Bonchev–Trinajstić information content (AvgIpc) is 3.44. The molecule has 0 heterocycles. The number of aldehydes is 1. The molecule has 1 aromatic carbocycles. The largest absolute Gasteiger partial charge is 0.326 e. The van der Waals surface area contributed by atoms with E-state index in [1.54, 1.807) is 0 Å². The van der Waals surface area contributed by atoms with Gasteiger partial charge in [0, 0.05) is 24.4 Å². The minimum absolute atomic E-state index is 0.170. The number of hydrogen-bond donors (Lipinski definition) is 3. The van der Waals surface area contributed by atoms with Crippen LogP contribution in [0.1, 0.15) is 82.1 Å². The number of fused-ring (bicyclic) bond motifs is 2. The number of unbranched alkanes of at least 4 members (excludes halogenated alkanes) is 1. The van der Waals surface area contributed by atoms with Crippen molar-refractivity contribution in [2.75, 3.05) is 18.5 Å². The highest BCUT2D eigenvalue weighted by molar-refractivity contribution is 5.92. The SMILES string of the molecule is C/C=C\C(C)=NCCCC.CCC=O.NCNC(=O)Nc1c2c(cc3c1CCC3)CCC2. The minimum Gasteiger partial charge on any atom is -0.326 e. The predicted molar refractivity (Wildman–Crippen MR) is 136 cm³/mol. The Morgan fingerprint density at radius 1 is 1.12 bits per heavy atom. The Labute approximate surface area is 194 Å². The van der Waals surface area contributed by atoms with E-state index in [0.717, 1.165) is 49.9 Å². The summed E-state index contributed by atoms with van der Waals surface area (Å²) in [5.74, 6) is 0. The molecular weight excluding hydrogens is 400 g/mol. The summed E-state index contributed by atoms with van der Waals surface area (Å²) in [6.45, 7) is 9.19. The Kier molecular flexibility index (Phi) is 14.0. The van der Waals surface area contributed by atoms with Gasteiger partial charge in [0.05, 0.1) is 6.67 Å². The molecule has 0 saturated heterocycles. The van der Waals surface area contributed by atoms with Crippen LogP contribution in [0.25, 0.3) is 0 Å². The Hall–Kier alpha value is -2.47. The topological polar surface area (TPSA) is 96.6 Å². The van der Waals surface area contributed by atoms with Gasteiger partial charge in [-0.2, -0.15) is 0 Å². The van der Waals surface area contributed by atoms with Crippen molar-refractivity contribution in [3.8, 4) is 0 Å². The second kappa shape index (κ2) is 16.2. The Morgan fingerprint density at radius 2 is 1.72 bits per heavy atom. The number of urea groups is 1. The van der Waals surface area contributed by atoms with Crippen molar-refractivity contribution in [1.82, 2.24) is 5.32 Å². The van der Waals surface area contributed by atoms with Gasteiger partial charge in [0.2, 0.25) is 0 Å². The van der Waals surface area contributed by atoms with Crippen LogP contribution in [-0.4, -0.2) is 31.2 Å². The summed E-state index contributed by atoms with van der Waals surface area (Å²) in [5.41, 5.74) is 13.1. The zero-order valence-corrected chi connectivity index (χ0v) is 20.4. The normalized spacial score (nSPS) is 14.0. The second-order valence-corrected chi connectivity index (χ2v) is 8.02. The zero-order valence-electron chi connectivity index (χ0n) is 20.4. The molecule has 2 amide bonds. The lowest BCUT2D eigenvalue weighted by atomic mass is 9.99. The first kappa shape index (κ1) is 27.6. The fourth-order valence-corrected chi connectivity index (χ4v) is 3.93. The summed E-state index contributed by atoms with van der Waals surface area (Å²) in [5, 5.41) is 5.62. The van der Waals surface area contributed by atoms with E-state index in [4.69, 9.17) is 5.73 Å². The van der Waals surface area contributed by atoms with Crippen LogP contribution in [0.2, 0.25) is 0 Å². The summed E-state index contributed by atoms with van der Waals surface area (Å²) < 4.78 is 0. The maximum atomic E-state index is 11.7. The van der Waals surface area contributed by atoms with E-state index in [2.05, 4.69) is 28.6 Å². The molecule has 1 aromatic rings. The van der Waals surface area contributed by atoms with Gasteiger partial charge in [-0.25, -0.2) is 4.79 Å². The number of hydrogen-bond acceptors (Lipinski definition) is 4. The number of rotatable bonds is 7. The molecule has 3 rings (SSSR count). The molecule has 178 valence electrons. The minimum atomic E-state index is -0.188. The van der Waals surface area contributed by atoms with E-state index in [-0.39, 0.29) is 12.7 Å². The van der Waals surface area contributed by atoms with E-state index in [1.165, 1.54) is 47.9 Å². The molecule has 0 radical (unpaired) electrons. The molecule has 0 aliphatic heterocycles. The van der Waals surface area contributed by atoms with E-state index in [9.17, 15) is 9.59 Å². The highest BCUT2D eigenvalue weighted by Crippen LogP contribution is 2.38. The maximum Gasteiger partial charge on any atom is 0.320 e. The summed E-state index contributed by atoms with van der Waals surface area (Å²) >= 11 is 0. The summed E-state index contributed by atoms with van der Waals surface area (Å²) in [4.78, 5) is 25.2. The molecule has 0 spiro atoms. The number of aryl methyl sites for hydroxylation is 2. The molecule has 6 heteroatoms. The van der Waals surface area contributed by atoms with E-state index < -0.39 is 0 Å². The van der Waals surface area contributed by atoms with Crippen LogP contribution in [0.15, 0.2) is 23.2 Å². The number of carbonyl (C=O) groups is 2. The third-order valence-corrected chi connectivity index (χ3v) is 5.42. The average molecular weight is 443 g/mol. The first-order valence-electron chi connectivity index (χ1n) is 12.0. The van der Waals surface area contributed by atoms with Crippen LogP contribution in [0.5, 0.6) is 0 Å². The molecule has 0 saturated carbocycles. The van der Waals surface area contributed by atoms with Crippen molar-refractivity contribution in [3.05, 3.63) is 40.5 Å². The smallest absolute Gasteiger partial charge is 0.320 e. The number of amides is 2. The fourth-order valence-electron chi connectivity index (χ4n) is 3.93. The molecule has 2 aliphatic rings. The van der Waals surface area contributed by atoms with Crippen LogP contribution in [-0.2, 0) is 30.5 Å². The Morgan fingerprint density at radius 3 is 2.19 bits per heavy atom. The molecule has 0 atom stereocenters. The van der Waals surface area contributed by atoms with Gasteiger partial charge in [-0.3, -0.25) is 4.99 Å². The second-order valence-electron chi connectivity index (χ2n) is 8.02. The van der Waals surface area contributed by atoms with Gasteiger partial charge >= 0.3 is 6.03 Å². The number of nitrogens with zero attached hydrogens (tertiary/aromatic N) is 1. The van der Waals surface area contributed by atoms with Crippen LogP contribution in [0, 0.1) is 0 Å². The van der Waals surface area contributed by atoms with E-state index in [0.29, 0.717) is 6.42 Å². The van der Waals surface area contributed by atoms with E-state index in [1.807, 2.05) is 32.9 Å². The first-order valence-corrected chi connectivity index (χ1v) is 12.0. The van der Waals surface area contributed by atoms with Crippen LogP contribution in [0.4, 0.5) is 10.5 Å². The van der Waals surface area contributed by atoms with Gasteiger partial charge in [-0.15, -0.1) is 0 Å². The standard InChI is InChI=1S/C14H19N3O.C9H17N.C3H6O/c15-8-16-14(18)17-13-11-5-1-3-9(11)7-10-4-2-6-12(10)13;1-4-6-8-10-9(3)7-5-2;1-2-3-4/h7H,1-6,8,15H2,(H2,16,17,18);5,7H,4,6,8H2,1-3H3;3H,2H2,1H3/b;7-5-,10-9?;. The quantitative estimate of drug-likeness (QED) is 0.237. The lowest BCUT2D eigenvalue weighted by Gasteiger charge is -2.16. The molecule has 6 nitrogen and oxygen atoms in total. The van der Waals surface area contributed by atoms with Gasteiger partial charge in [0.1, 0.15) is 6.29 Å². The van der Waals surface area contributed by atoms with Gasteiger partial charge < -0.3 is 21.2 Å². The third kappa shape index (κ3) is 9.35. The lowest BCUT2D eigenvalue weighted by molar-refractivity contribution is -0.107. The molecule has 4 N–H and O–H groups in total. The monoisotopic (exact) mass is 442 g/mol. The lowest BCUT2D eigenvalue weighted by Crippen LogP contribution is -2.34. The molecule has 2 aliphatic carbocycles. The molecular formula is C26H42N4O2. The van der Waals surface area contributed by atoms with Crippen molar-refractivity contribution in [2.45, 2.75) is 85.5 Å². The van der Waals surface area contributed by atoms with Crippen molar-refractivity contribution in [3.63, 3.8) is 0 Å².